The standard InChI is InChI=1S/C9H14ClN.CH3Cl/c1-3-5-6-9(7-8-10)11-4-2;1-2/h3,5-7,11H,1,4,8H2,2H3;1H3/b6-5-,9-7+;. The van der Waals surface area contributed by atoms with Crippen molar-refractivity contribution in [3.63, 3.8) is 0 Å². The fourth-order valence-corrected chi connectivity index (χ4v) is 0.824. The van der Waals surface area contributed by atoms with Gasteiger partial charge in [0.05, 0.1) is 0 Å². The zero-order valence-electron chi connectivity index (χ0n) is 8.19. The van der Waals surface area contributed by atoms with Gasteiger partial charge >= 0.3 is 0 Å². The molecule has 0 spiro atoms. The molecule has 76 valence electrons. The number of hydrogen-bond acceptors (Lipinski definition) is 1. The Kier molecular flexibility index (Phi) is 16.4. The van der Waals surface area contributed by atoms with E-state index in [4.69, 9.17) is 11.6 Å². The molecule has 1 N–H and O–H groups in total. The van der Waals surface area contributed by atoms with Crippen LogP contribution >= 0.6 is 23.2 Å². The van der Waals surface area contributed by atoms with Crippen LogP contribution in [-0.4, -0.2) is 18.8 Å². The molecule has 0 bridgehead atoms. The lowest BCUT2D eigenvalue weighted by molar-refractivity contribution is 0.876. The molecule has 0 unspecified atom stereocenters. The van der Waals surface area contributed by atoms with E-state index in [1.54, 1.807) is 6.08 Å². The summed E-state index contributed by atoms with van der Waals surface area (Å²) < 4.78 is 0. The Morgan fingerprint density at radius 2 is 2.08 bits per heavy atom. The van der Waals surface area contributed by atoms with Crippen LogP contribution in [0.3, 0.4) is 0 Å². The van der Waals surface area contributed by atoms with E-state index in [2.05, 4.69) is 23.5 Å². The molecule has 0 heterocycles. The number of hydrogen-bond donors (Lipinski definition) is 1. The van der Waals surface area contributed by atoms with E-state index in [1.807, 2.05) is 25.2 Å². The second-order valence-corrected chi connectivity index (χ2v) is 2.25. The summed E-state index contributed by atoms with van der Waals surface area (Å²) in [5.74, 6) is 0.532. The van der Waals surface area contributed by atoms with Crippen LogP contribution in [0.4, 0.5) is 0 Å². The highest BCUT2D eigenvalue weighted by Crippen LogP contribution is 1.93. The minimum absolute atomic E-state index is 0.532. The molecule has 0 rings (SSSR count). The maximum atomic E-state index is 5.53. The Labute approximate surface area is 91.1 Å². The third-order valence-corrected chi connectivity index (χ3v) is 1.24. The first-order chi connectivity index (χ1) is 6.35. The smallest absolute Gasteiger partial charge is 0.0426 e. The van der Waals surface area contributed by atoms with Crippen LogP contribution in [0.15, 0.2) is 36.6 Å². The van der Waals surface area contributed by atoms with Crippen molar-refractivity contribution in [1.29, 1.82) is 0 Å². The molecular weight excluding hydrogens is 205 g/mol. The average Bonchev–Trinajstić information content (AvgIpc) is 2.18. The molecule has 0 fully saturated rings. The summed E-state index contributed by atoms with van der Waals surface area (Å²) in [5, 5.41) is 3.16. The summed E-state index contributed by atoms with van der Waals surface area (Å²) in [6.45, 7) is 6.53. The highest BCUT2D eigenvalue weighted by Gasteiger charge is 1.85. The van der Waals surface area contributed by atoms with E-state index < -0.39 is 0 Å². The lowest BCUT2D eigenvalue weighted by Gasteiger charge is -2.01. The molecule has 0 radical (unpaired) electrons. The van der Waals surface area contributed by atoms with Crippen LogP contribution in [0.2, 0.25) is 0 Å². The van der Waals surface area contributed by atoms with Crippen LogP contribution in [0.5, 0.6) is 0 Å². The first-order valence-corrected chi connectivity index (χ1v) is 5.31. The molecular formula is C10H17Cl2N. The van der Waals surface area contributed by atoms with Gasteiger partial charge in [-0.25, -0.2) is 0 Å². The normalized spacial score (nSPS) is 10.6. The minimum Gasteiger partial charge on any atom is -0.386 e. The lowest BCUT2D eigenvalue weighted by atomic mass is 10.3. The van der Waals surface area contributed by atoms with Crippen LogP contribution in [0.1, 0.15) is 6.92 Å². The van der Waals surface area contributed by atoms with E-state index >= 15 is 0 Å². The predicted octanol–water partition coefficient (Wildman–Crippen LogP) is 3.32. The Balaban J connectivity index is 0. The van der Waals surface area contributed by atoms with Crippen molar-refractivity contribution in [3.8, 4) is 0 Å². The van der Waals surface area contributed by atoms with Crippen molar-refractivity contribution in [3.05, 3.63) is 36.6 Å². The highest BCUT2D eigenvalue weighted by atomic mass is 35.5. The van der Waals surface area contributed by atoms with Gasteiger partial charge in [-0.2, -0.15) is 0 Å². The summed E-state index contributed by atoms with van der Waals surface area (Å²) in [4.78, 5) is 0. The number of halogens is 2. The Morgan fingerprint density at radius 3 is 2.46 bits per heavy atom. The highest BCUT2D eigenvalue weighted by molar-refractivity contribution is 6.18. The van der Waals surface area contributed by atoms with Crippen molar-refractivity contribution in [1.82, 2.24) is 5.32 Å². The zero-order chi connectivity index (χ0) is 10.5. The molecule has 0 amide bonds. The van der Waals surface area contributed by atoms with Gasteiger partial charge in [0.2, 0.25) is 0 Å². The Hall–Kier alpha value is -0.400. The van der Waals surface area contributed by atoms with Gasteiger partial charge in [-0.3, -0.25) is 0 Å². The molecule has 0 aliphatic rings. The Morgan fingerprint density at radius 1 is 1.46 bits per heavy atom. The van der Waals surface area contributed by atoms with Crippen molar-refractivity contribution >= 4 is 23.2 Å². The predicted molar refractivity (Wildman–Crippen MR) is 63.6 cm³/mol. The van der Waals surface area contributed by atoms with Gasteiger partial charge in [0, 0.05) is 24.5 Å². The van der Waals surface area contributed by atoms with E-state index in [9.17, 15) is 0 Å². The monoisotopic (exact) mass is 221 g/mol. The summed E-state index contributed by atoms with van der Waals surface area (Å²) in [5.41, 5.74) is 1.04. The first-order valence-electron chi connectivity index (χ1n) is 4.02. The summed E-state index contributed by atoms with van der Waals surface area (Å²) >= 11 is 10.2. The van der Waals surface area contributed by atoms with Gasteiger partial charge in [0.15, 0.2) is 0 Å². The Bertz CT molecular complexity index is 162. The van der Waals surface area contributed by atoms with Gasteiger partial charge < -0.3 is 5.32 Å². The summed E-state index contributed by atoms with van der Waals surface area (Å²) in [6.07, 6.45) is 8.95. The van der Waals surface area contributed by atoms with E-state index in [0.29, 0.717) is 5.88 Å². The SMILES string of the molecule is C=C/C=C\C(=C/CCl)NCC.CCl. The largest absolute Gasteiger partial charge is 0.386 e. The number of likely N-dealkylation sites (N-methyl/N-ethyl adjacent to an activating group) is 1. The zero-order valence-corrected chi connectivity index (χ0v) is 9.70. The van der Waals surface area contributed by atoms with E-state index in [0.717, 1.165) is 12.2 Å². The molecule has 0 aliphatic carbocycles. The van der Waals surface area contributed by atoms with Crippen LogP contribution in [0, 0.1) is 0 Å². The number of rotatable bonds is 5. The number of nitrogens with one attached hydrogen (secondary N) is 1. The van der Waals surface area contributed by atoms with Gasteiger partial charge in [-0.1, -0.05) is 18.7 Å². The second kappa shape index (κ2) is 14.1. The fraction of sp³-hybridized carbons (Fsp3) is 0.400. The molecule has 0 aromatic carbocycles. The molecule has 0 aliphatic heterocycles. The quantitative estimate of drug-likeness (QED) is 0.555. The molecule has 13 heavy (non-hydrogen) atoms. The second-order valence-electron chi connectivity index (χ2n) is 1.94. The third kappa shape index (κ3) is 11.6. The molecule has 0 aromatic heterocycles. The summed E-state index contributed by atoms with van der Waals surface area (Å²) in [6, 6.07) is 0. The lowest BCUT2D eigenvalue weighted by Crippen LogP contribution is -2.10. The van der Waals surface area contributed by atoms with E-state index in [1.165, 1.54) is 6.38 Å². The molecule has 3 heteroatoms. The van der Waals surface area contributed by atoms with E-state index in [-0.39, 0.29) is 0 Å². The topological polar surface area (TPSA) is 12.0 Å². The van der Waals surface area contributed by atoms with Gasteiger partial charge in [-0.05, 0) is 19.1 Å². The van der Waals surface area contributed by atoms with Crippen molar-refractivity contribution in [2.24, 2.45) is 0 Å². The van der Waals surface area contributed by atoms with Crippen molar-refractivity contribution in [2.75, 3.05) is 18.8 Å². The molecule has 0 saturated heterocycles. The maximum absolute atomic E-state index is 5.53. The molecule has 1 nitrogen and oxygen atoms in total. The molecule has 0 saturated carbocycles. The third-order valence-electron chi connectivity index (χ3n) is 1.09. The van der Waals surface area contributed by atoms with Gasteiger partial charge in [0.1, 0.15) is 0 Å². The van der Waals surface area contributed by atoms with Crippen LogP contribution in [-0.2, 0) is 0 Å². The van der Waals surface area contributed by atoms with Crippen LogP contribution < -0.4 is 5.32 Å². The van der Waals surface area contributed by atoms with Gasteiger partial charge in [-0.15, -0.1) is 23.2 Å². The van der Waals surface area contributed by atoms with Crippen molar-refractivity contribution in [2.45, 2.75) is 6.92 Å². The summed E-state index contributed by atoms with van der Waals surface area (Å²) in [7, 11) is 0. The van der Waals surface area contributed by atoms with Crippen LogP contribution in [0.25, 0.3) is 0 Å². The fourth-order valence-electron chi connectivity index (χ4n) is 0.658. The first kappa shape index (κ1) is 15.1. The van der Waals surface area contributed by atoms with Crippen molar-refractivity contribution < 1.29 is 0 Å². The average molecular weight is 222 g/mol. The minimum atomic E-state index is 0.532. The molecule has 0 atom stereocenters. The van der Waals surface area contributed by atoms with Gasteiger partial charge in [0.25, 0.3) is 0 Å². The number of allylic oxidation sites excluding steroid dienone is 4. The maximum Gasteiger partial charge on any atom is 0.0426 e. The molecule has 0 aromatic rings. The number of alkyl halides is 2.